The smallest absolute Gasteiger partial charge is 0.151 e. The van der Waals surface area contributed by atoms with E-state index >= 15 is 0 Å². The van der Waals surface area contributed by atoms with Crippen LogP contribution >= 0.6 is 0 Å². The maximum absolute atomic E-state index is 5.55. The van der Waals surface area contributed by atoms with Crippen LogP contribution in [-0.2, 0) is 13.1 Å². The Hall–Kier alpha value is -2.70. The first-order chi connectivity index (χ1) is 13.3. The highest BCUT2D eigenvalue weighted by molar-refractivity contribution is 5.59. The standard InChI is InChI=1S/C21H24N4O2/c1-26-19-7-5-17(6-8-19)21-14-20(27-23-21)16-25-12-10-24(11-13-25)15-18-4-2-3-9-22-18/h2-9,14H,10-13,15-16H2,1H3. The van der Waals surface area contributed by atoms with Crippen LogP contribution in [0.15, 0.2) is 59.3 Å². The zero-order chi connectivity index (χ0) is 18.5. The summed E-state index contributed by atoms with van der Waals surface area (Å²) in [6.45, 7) is 5.82. The van der Waals surface area contributed by atoms with E-state index in [0.717, 1.165) is 67.7 Å². The molecule has 0 N–H and O–H groups in total. The van der Waals surface area contributed by atoms with E-state index < -0.39 is 0 Å². The molecule has 1 saturated heterocycles. The van der Waals surface area contributed by atoms with Crippen LogP contribution in [0.3, 0.4) is 0 Å². The van der Waals surface area contributed by atoms with Gasteiger partial charge >= 0.3 is 0 Å². The number of aromatic nitrogens is 2. The molecule has 1 aromatic carbocycles. The fourth-order valence-corrected chi connectivity index (χ4v) is 3.33. The molecule has 140 valence electrons. The Labute approximate surface area is 159 Å². The van der Waals surface area contributed by atoms with E-state index in [1.54, 1.807) is 7.11 Å². The first kappa shape index (κ1) is 17.7. The van der Waals surface area contributed by atoms with Crippen molar-refractivity contribution in [2.24, 2.45) is 0 Å². The lowest BCUT2D eigenvalue weighted by Crippen LogP contribution is -2.45. The lowest BCUT2D eigenvalue weighted by Gasteiger charge is -2.33. The molecule has 27 heavy (non-hydrogen) atoms. The second kappa shape index (κ2) is 8.33. The Bertz CT molecular complexity index is 840. The Morgan fingerprint density at radius 3 is 2.37 bits per heavy atom. The molecule has 0 aliphatic carbocycles. The first-order valence-electron chi connectivity index (χ1n) is 9.25. The highest BCUT2D eigenvalue weighted by Gasteiger charge is 2.19. The molecule has 0 spiro atoms. The van der Waals surface area contributed by atoms with E-state index in [2.05, 4.69) is 26.0 Å². The number of rotatable bonds is 6. The van der Waals surface area contributed by atoms with E-state index in [9.17, 15) is 0 Å². The van der Waals surface area contributed by atoms with E-state index in [1.807, 2.05) is 48.7 Å². The second-order valence-electron chi connectivity index (χ2n) is 6.78. The van der Waals surface area contributed by atoms with Gasteiger partial charge in [-0.3, -0.25) is 14.8 Å². The topological polar surface area (TPSA) is 54.6 Å². The van der Waals surface area contributed by atoms with Crippen LogP contribution in [-0.4, -0.2) is 53.2 Å². The first-order valence-corrected chi connectivity index (χ1v) is 9.25. The van der Waals surface area contributed by atoms with Gasteiger partial charge in [-0.05, 0) is 36.4 Å². The Balaban J connectivity index is 1.30. The maximum atomic E-state index is 5.55. The van der Waals surface area contributed by atoms with E-state index in [1.165, 1.54) is 0 Å². The Morgan fingerprint density at radius 2 is 1.70 bits per heavy atom. The third-order valence-corrected chi connectivity index (χ3v) is 4.90. The van der Waals surface area contributed by atoms with Gasteiger partial charge in [0.05, 0.1) is 19.3 Å². The largest absolute Gasteiger partial charge is 0.497 e. The number of benzene rings is 1. The minimum atomic E-state index is 0.792. The summed E-state index contributed by atoms with van der Waals surface area (Å²) in [7, 11) is 1.67. The molecule has 1 fully saturated rings. The van der Waals surface area contributed by atoms with E-state index in [-0.39, 0.29) is 0 Å². The molecular weight excluding hydrogens is 340 g/mol. The van der Waals surface area contributed by atoms with Gasteiger partial charge in [-0.15, -0.1) is 0 Å². The molecule has 2 aromatic heterocycles. The SMILES string of the molecule is COc1ccc(-c2cc(CN3CCN(Cc4ccccn4)CC3)on2)cc1. The van der Waals surface area contributed by atoms with Crippen molar-refractivity contribution in [3.05, 3.63) is 66.2 Å². The van der Waals surface area contributed by atoms with Crippen LogP contribution in [0.25, 0.3) is 11.3 Å². The average Bonchev–Trinajstić information content (AvgIpc) is 3.19. The number of pyridine rings is 1. The summed E-state index contributed by atoms with van der Waals surface area (Å²) in [6, 6.07) is 16.0. The fourth-order valence-electron chi connectivity index (χ4n) is 3.33. The third kappa shape index (κ3) is 4.53. The molecule has 6 heteroatoms. The van der Waals surface area contributed by atoms with Crippen molar-refractivity contribution >= 4 is 0 Å². The number of hydrogen-bond donors (Lipinski definition) is 0. The summed E-state index contributed by atoms with van der Waals surface area (Å²) in [4.78, 5) is 9.27. The molecule has 0 amide bonds. The quantitative estimate of drug-likeness (QED) is 0.670. The lowest BCUT2D eigenvalue weighted by molar-refractivity contribution is 0.113. The molecule has 1 aliphatic heterocycles. The van der Waals surface area contributed by atoms with Gasteiger partial charge in [0.2, 0.25) is 0 Å². The van der Waals surface area contributed by atoms with Crippen molar-refractivity contribution in [1.29, 1.82) is 0 Å². The van der Waals surface area contributed by atoms with Gasteiger partial charge in [0.1, 0.15) is 11.4 Å². The maximum Gasteiger partial charge on any atom is 0.151 e. The highest BCUT2D eigenvalue weighted by Crippen LogP contribution is 2.23. The molecule has 6 nitrogen and oxygen atoms in total. The summed E-state index contributed by atoms with van der Waals surface area (Å²) in [5.74, 6) is 1.74. The molecule has 0 radical (unpaired) electrons. The lowest BCUT2D eigenvalue weighted by atomic mass is 10.1. The summed E-state index contributed by atoms with van der Waals surface area (Å²) in [6.07, 6.45) is 1.86. The van der Waals surface area contributed by atoms with Crippen LogP contribution in [0.4, 0.5) is 0 Å². The van der Waals surface area contributed by atoms with Crippen molar-refractivity contribution in [3.8, 4) is 17.0 Å². The van der Waals surface area contributed by atoms with Crippen LogP contribution in [0.1, 0.15) is 11.5 Å². The molecule has 0 unspecified atom stereocenters. The van der Waals surface area contributed by atoms with E-state index in [0.29, 0.717) is 0 Å². The normalized spacial score (nSPS) is 15.7. The number of ether oxygens (including phenoxy) is 1. The van der Waals surface area contributed by atoms with Crippen LogP contribution < -0.4 is 4.74 Å². The number of methoxy groups -OCH3 is 1. The molecule has 1 aliphatic rings. The summed E-state index contributed by atoms with van der Waals surface area (Å²) >= 11 is 0. The summed E-state index contributed by atoms with van der Waals surface area (Å²) in [5.41, 5.74) is 3.03. The van der Waals surface area contributed by atoms with Crippen molar-refractivity contribution in [3.63, 3.8) is 0 Å². The fraction of sp³-hybridized carbons (Fsp3) is 0.333. The zero-order valence-electron chi connectivity index (χ0n) is 15.5. The Morgan fingerprint density at radius 1 is 0.963 bits per heavy atom. The molecular formula is C21H24N4O2. The number of piperazine rings is 1. The van der Waals surface area contributed by atoms with Gasteiger partial charge in [-0.2, -0.15) is 0 Å². The molecule has 4 rings (SSSR count). The van der Waals surface area contributed by atoms with E-state index in [4.69, 9.17) is 9.26 Å². The molecule has 3 heterocycles. The molecule has 0 atom stereocenters. The van der Waals surface area contributed by atoms with Gasteiger partial charge in [-0.25, -0.2) is 0 Å². The summed E-state index contributed by atoms with van der Waals surface area (Å²) in [5, 5.41) is 4.22. The van der Waals surface area contributed by atoms with Crippen molar-refractivity contribution in [2.45, 2.75) is 13.1 Å². The molecule has 3 aromatic rings. The highest BCUT2D eigenvalue weighted by atomic mass is 16.5. The minimum absolute atomic E-state index is 0.792. The van der Waals surface area contributed by atoms with Crippen molar-refractivity contribution < 1.29 is 9.26 Å². The van der Waals surface area contributed by atoms with Gasteiger partial charge in [0.25, 0.3) is 0 Å². The van der Waals surface area contributed by atoms with Crippen LogP contribution in [0, 0.1) is 0 Å². The average molecular weight is 364 g/mol. The number of hydrogen-bond acceptors (Lipinski definition) is 6. The minimum Gasteiger partial charge on any atom is -0.497 e. The van der Waals surface area contributed by atoms with Gasteiger partial charge in [0.15, 0.2) is 5.76 Å². The summed E-state index contributed by atoms with van der Waals surface area (Å²) < 4.78 is 10.8. The van der Waals surface area contributed by atoms with Crippen LogP contribution in [0.5, 0.6) is 5.75 Å². The molecule has 0 saturated carbocycles. The monoisotopic (exact) mass is 364 g/mol. The van der Waals surface area contributed by atoms with Gasteiger partial charge in [-0.1, -0.05) is 11.2 Å². The van der Waals surface area contributed by atoms with Crippen LogP contribution in [0.2, 0.25) is 0 Å². The molecule has 0 bridgehead atoms. The predicted octanol–water partition coefficient (Wildman–Crippen LogP) is 3.06. The third-order valence-electron chi connectivity index (χ3n) is 4.90. The van der Waals surface area contributed by atoms with Crippen molar-refractivity contribution in [2.75, 3.05) is 33.3 Å². The predicted molar refractivity (Wildman–Crippen MR) is 103 cm³/mol. The van der Waals surface area contributed by atoms with Crippen molar-refractivity contribution in [1.82, 2.24) is 19.9 Å². The second-order valence-corrected chi connectivity index (χ2v) is 6.78. The van der Waals surface area contributed by atoms with Gasteiger partial charge < -0.3 is 9.26 Å². The number of nitrogens with zero attached hydrogens (tertiary/aromatic N) is 4. The Kier molecular flexibility index (Phi) is 5.46. The zero-order valence-corrected chi connectivity index (χ0v) is 15.5. The van der Waals surface area contributed by atoms with Gasteiger partial charge in [0, 0.05) is 50.6 Å².